The van der Waals surface area contributed by atoms with E-state index in [0.29, 0.717) is 5.82 Å². The van der Waals surface area contributed by atoms with E-state index < -0.39 is 6.04 Å². The van der Waals surface area contributed by atoms with E-state index in [1.165, 1.54) is 0 Å². The van der Waals surface area contributed by atoms with Gasteiger partial charge in [-0.15, -0.1) is 0 Å². The molecule has 2 atom stereocenters. The Morgan fingerprint density at radius 1 is 1.21 bits per heavy atom. The quantitative estimate of drug-likeness (QED) is 0.731. The Bertz CT molecular complexity index is 825. The van der Waals surface area contributed by atoms with Crippen LogP contribution in [0.2, 0.25) is 0 Å². The van der Waals surface area contributed by atoms with E-state index in [1.807, 2.05) is 44.2 Å². The number of nitrogens with zero attached hydrogens (tertiary/aromatic N) is 2. The summed E-state index contributed by atoms with van der Waals surface area (Å²) in [5.41, 5.74) is 1.91. The Hall–Kier alpha value is -2.93. The molecule has 0 bridgehead atoms. The fourth-order valence-corrected chi connectivity index (χ4v) is 2.79. The molecule has 0 aliphatic carbocycles. The number of nitrogens with one attached hydrogen (secondary N) is 2. The molecular formula is C21H28N4O3. The number of rotatable bonds is 8. The summed E-state index contributed by atoms with van der Waals surface area (Å²) in [6, 6.07) is 10.5. The molecule has 2 amide bonds. The molecule has 150 valence electrons. The zero-order valence-corrected chi connectivity index (χ0v) is 17.0. The van der Waals surface area contributed by atoms with Crippen molar-refractivity contribution in [1.82, 2.24) is 15.2 Å². The highest BCUT2D eigenvalue weighted by Gasteiger charge is 2.23. The van der Waals surface area contributed by atoms with Crippen molar-refractivity contribution in [2.75, 3.05) is 26.0 Å². The molecule has 1 heterocycles. The normalized spacial score (nSPS) is 12.9. The molecule has 2 unspecified atom stereocenters. The minimum Gasteiger partial charge on any atom is -0.496 e. The summed E-state index contributed by atoms with van der Waals surface area (Å²) >= 11 is 0. The van der Waals surface area contributed by atoms with Gasteiger partial charge in [-0.3, -0.25) is 14.5 Å². The third-order valence-electron chi connectivity index (χ3n) is 4.58. The van der Waals surface area contributed by atoms with Gasteiger partial charge in [0.2, 0.25) is 11.8 Å². The lowest BCUT2D eigenvalue weighted by Gasteiger charge is -2.25. The van der Waals surface area contributed by atoms with Crippen molar-refractivity contribution in [3.05, 3.63) is 53.7 Å². The van der Waals surface area contributed by atoms with Crippen LogP contribution < -0.4 is 15.4 Å². The highest BCUT2D eigenvalue weighted by Crippen LogP contribution is 2.24. The molecular weight excluding hydrogens is 356 g/mol. The molecule has 0 saturated carbocycles. The lowest BCUT2D eigenvalue weighted by atomic mass is 10.1. The van der Waals surface area contributed by atoms with Crippen molar-refractivity contribution in [1.29, 1.82) is 0 Å². The molecule has 2 N–H and O–H groups in total. The maximum absolute atomic E-state index is 12.6. The second-order valence-electron chi connectivity index (χ2n) is 6.83. The van der Waals surface area contributed by atoms with Crippen LogP contribution in [0.3, 0.4) is 0 Å². The van der Waals surface area contributed by atoms with Crippen LogP contribution in [0.4, 0.5) is 5.82 Å². The number of likely N-dealkylation sites (N-methyl/N-ethyl adjacent to an activating group) is 1. The summed E-state index contributed by atoms with van der Waals surface area (Å²) < 4.78 is 5.35. The number of aromatic nitrogens is 1. The first kappa shape index (κ1) is 21.4. The Labute approximate surface area is 166 Å². The molecule has 28 heavy (non-hydrogen) atoms. The molecule has 2 rings (SSSR count). The number of hydrogen-bond donors (Lipinski definition) is 2. The highest BCUT2D eigenvalue weighted by molar-refractivity contribution is 5.92. The number of benzene rings is 1. The fourth-order valence-electron chi connectivity index (χ4n) is 2.79. The predicted molar refractivity (Wildman–Crippen MR) is 109 cm³/mol. The Morgan fingerprint density at radius 3 is 2.61 bits per heavy atom. The van der Waals surface area contributed by atoms with Gasteiger partial charge in [-0.25, -0.2) is 4.98 Å². The predicted octanol–water partition coefficient (Wildman–Crippen LogP) is 2.53. The summed E-state index contributed by atoms with van der Waals surface area (Å²) in [4.78, 5) is 30.7. The maximum Gasteiger partial charge on any atom is 0.239 e. The van der Waals surface area contributed by atoms with Crippen LogP contribution in [-0.2, 0) is 9.59 Å². The lowest BCUT2D eigenvalue weighted by molar-refractivity contribution is -0.127. The van der Waals surface area contributed by atoms with Gasteiger partial charge in [-0.1, -0.05) is 18.2 Å². The van der Waals surface area contributed by atoms with Crippen LogP contribution in [0.15, 0.2) is 42.6 Å². The number of aryl methyl sites for hydroxylation is 1. The first-order valence-electron chi connectivity index (χ1n) is 9.18. The van der Waals surface area contributed by atoms with Crippen LogP contribution in [0.25, 0.3) is 0 Å². The minimum atomic E-state index is -0.478. The molecule has 1 aromatic heterocycles. The van der Waals surface area contributed by atoms with Gasteiger partial charge in [0.15, 0.2) is 0 Å². The minimum absolute atomic E-state index is 0.0766. The molecule has 7 nitrogen and oxygen atoms in total. The number of ether oxygens (including phenoxy) is 1. The number of anilines is 1. The van der Waals surface area contributed by atoms with Crippen molar-refractivity contribution >= 4 is 17.6 Å². The van der Waals surface area contributed by atoms with E-state index in [4.69, 9.17) is 4.74 Å². The molecule has 1 aromatic carbocycles. The van der Waals surface area contributed by atoms with Crippen molar-refractivity contribution in [2.45, 2.75) is 32.9 Å². The van der Waals surface area contributed by atoms with Crippen molar-refractivity contribution < 1.29 is 14.3 Å². The average Bonchev–Trinajstić information content (AvgIpc) is 2.66. The van der Waals surface area contributed by atoms with Gasteiger partial charge in [-0.05, 0) is 51.6 Å². The molecule has 0 aliphatic heterocycles. The monoisotopic (exact) mass is 384 g/mol. The van der Waals surface area contributed by atoms with Crippen molar-refractivity contribution in [3.63, 3.8) is 0 Å². The molecule has 0 radical (unpaired) electrons. The Balaban J connectivity index is 1.91. The summed E-state index contributed by atoms with van der Waals surface area (Å²) in [6.45, 7) is 5.67. The molecule has 0 aliphatic rings. The molecule has 0 spiro atoms. The van der Waals surface area contributed by atoms with Crippen LogP contribution in [0.1, 0.15) is 31.0 Å². The van der Waals surface area contributed by atoms with E-state index >= 15 is 0 Å². The van der Waals surface area contributed by atoms with E-state index in [9.17, 15) is 9.59 Å². The first-order chi connectivity index (χ1) is 13.3. The van der Waals surface area contributed by atoms with Gasteiger partial charge < -0.3 is 15.4 Å². The smallest absolute Gasteiger partial charge is 0.239 e. The molecule has 0 saturated heterocycles. The summed E-state index contributed by atoms with van der Waals surface area (Å²) in [5.74, 6) is 0.835. The number of methoxy groups -OCH3 is 1. The van der Waals surface area contributed by atoms with Crippen molar-refractivity contribution in [3.8, 4) is 5.75 Å². The summed E-state index contributed by atoms with van der Waals surface area (Å²) in [6.07, 6.45) is 1.64. The van der Waals surface area contributed by atoms with Crippen LogP contribution in [0.5, 0.6) is 5.75 Å². The molecule has 2 aromatic rings. The Morgan fingerprint density at radius 2 is 1.93 bits per heavy atom. The second-order valence-corrected chi connectivity index (χ2v) is 6.83. The van der Waals surface area contributed by atoms with E-state index in [0.717, 1.165) is 16.9 Å². The lowest BCUT2D eigenvalue weighted by Crippen LogP contribution is -2.46. The fraction of sp³-hybridized carbons (Fsp3) is 0.381. The zero-order valence-electron chi connectivity index (χ0n) is 17.0. The van der Waals surface area contributed by atoms with Crippen LogP contribution in [0, 0.1) is 6.92 Å². The number of pyridine rings is 1. The standard InChI is InChI=1S/C21H28N4O3/c1-14-10-11-22-19(12-14)24-20(26)13-25(4)16(3)21(27)23-15(2)17-8-6-7-9-18(17)28-5/h6-12,15-16H,13H2,1-5H3,(H,23,27)(H,22,24,26). The van der Waals surface area contributed by atoms with Gasteiger partial charge in [0.25, 0.3) is 0 Å². The number of para-hydroxylation sites is 1. The van der Waals surface area contributed by atoms with Gasteiger partial charge in [0.05, 0.1) is 25.7 Å². The van der Waals surface area contributed by atoms with Gasteiger partial charge in [0, 0.05) is 11.8 Å². The van der Waals surface area contributed by atoms with Gasteiger partial charge >= 0.3 is 0 Å². The third-order valence-corrected chi connectivity index (χ3v) is 4.58. The first-order valence-corrected chi connectivity index (χ1v) is 9.18. The number of carbonyl (C=O) groups excluding carboxylic acids is 2. The molecule has 7 heteroatoms. The van der Waals surface area contributed by atoms with Crippen molar-refractivity contribution in [2.24, 2.45) is 0 Å². The summed E-state index contributed by atoms with van der Waals surface area (Å²) in [7, 11) is 3.34. The maximum atomic E-state index is 12.6. The Kier molecular flexibility index (Phi) is 7.52. The van der Waals surface area contributed by atoms with E-state index in [1.54, 1.807) is 38.2 Å². The van der Waals surface area contributed by atoms with Gasteiger partial charge in [-0.2, -0.15) is 0 Å². The molecule has 0 fully saturated rings. The van der Waals surface area contributed by atoms with Crippen LogP contribution >= 0.6 is 0 Å². The summed E-state index contributed by atoms with van der Waals surface area (Å²) in [5, 5.41) is 5.73. The highest BCUT2D eigenvalue weighted by atomic mass is 16.5. The zero-order chi connectivity index (χ0) is 20.7. The number of amides is 2. The van der Waals surface area contributed by atoms with E-state index in [-0.39, 0.29) is 24.4 Å². The van der Waals surface area contributed by atoms with E-state index in [2.05, 4.69) is 15.6 Å². The van der Waals surface area contributed by atoms with Gasteiger partial charge in [0.1, 0.15) is 11.6 Å². The topological polar surface area (TPSA) is 83.6 Å². The third kappa shape index (κ3) is 5.79. The largest absolute Gasteiger partial charge is 0.496 e. The average molecular weight is 384 g/mol. The van der Waals surface area contributed by atoms with Crippen LogP contribution in [-0.4, -0.2) is 48.4 Å². The number of carbonyl (C=O) groups is 2. The SMILES string of the molecule is COc1ccccc1C(C)NC(=O)C(C)N(C)CC(=O)Nc1cc(C)ccn1. The second kappa shape index (κ2) is 9.85. The number of hydrogen-bond acceptors (Lipinski definition) is 5.